The zero-order valence-electron chi connectivity index (χ0n) is 10.7. The average Bonchev–Trinajstić information content (AvgIpc) is 2.29. The van der Waals surface area contributed by atoms with E-state index in [0.29, 0.717) is 0 Å². The molecule has 0 aromatic rings. The first kappa shape index (κ1) is 12.8. The standard InChI is InChI=1S/C13H24N2O2/c1-9-8-10(6-7-17-9)15-13(16)11-4-2-3-5-12(11)14/h9-12H,2-8,14H2,1H3,(H,15,16). The molecule has 4 heteroatoms. The lowest BCUT2D eigenvalue weighted by Crippen LogP contribution is -2.48. The molecule has 3 N–H and O–H groups in total. The van der Waals surface area contributed by atoms with E-state index >= 15 is 0 Å². The minimum atomic E-state index is 0.0295. The maximum absolute atomic E-state index is 12.2. The van der Waals surface area contributed by atoms with Crippen LogP contribution in [0.4, 0.5) is 0 Å². The molecule has 1 aliphatic carbocycles. The number of ether oxygens (including phenoxy) is 1. The predicted molar refractivity (Wildman–Crippen MR) is 66.5 cm³/mol. The van der Waals surface area contributed by atoms with E-state index in [2.05, 4.69) is 12.2 Å². The lowest BCUT2D eigenvalue weighted by molar-refractivity contribution is -0.128. The number of hydrogen-bond acceptors (Lipinski definition) is 3. The first-order chi connectivity index (χ1) is 8.16. The fourth-order valence-corrected chi connectivity index (χ4v) is 2.92. The van der Waals surface area contributed by atoms with E-state index in [1.807, 2.05) is 0 Å². The second-order valence-electron chi connectivity index (χ2n) is 5.47. The van der Waals surface area contributed by atoms with Gasteiger partial charge >= 0.3 is 0 Å². The van der Waals surface area contributed by atoms with Crippen LogP contribution in [-0.2, 0) is 9.53 Å². The van der Waals surface area contributed by atoms with E-state index in [4.69, 9.17) is 10.5 Å². The van der Waals surface area contributed by atoms with E-state index in [1.165, 1.54) is 6.42 Å². The van der Waals surface area contributed by atoms with Gasteiger partial charge in [-0.15, -0.1) is 0 Å². The second-order valence-corrected chi connectivity index (χ2v) is 5.47. The molecule has 98 valence electrons. The lowest BCUT2D eigenvalue weighted by Gasteiger charge is -2.32. The average molecular weight is 240 g/mol. The van der Waals surface area contributed by atoms with Gasteiger partial charge in [0.1, 0.15) is 0 Å². The van der Waals surface area contributed by atoms with Crippen LogP contribution in [0.15, 0.2) is 0 Å². The van der Waals surface area contributed by atoms with Crippen molar-refractivity contribution in [2.75, 3.05) is 6.61 Å². The molecule has 1 amide bonds. The molecule has 4 atom stereocenters. The van der Waals surface area contributed by atoms with Crippen LogP contribution in [0.3, 0.4) is 0 Å². The summed E-state index contributed by atoms with van der Waals surface area (Å²) in [4.78, 5) is 12.2. The lowest BCUT2D eigenvalue weighted by atomic mass is 9.84. The highest BCUT2D eigenvalue weighted by molar-refractivity contribution is 5.79. The summed E-state index contributed by atoms with van der Waals surface area (Å²) in [5.74, 6) is 0.193. The third kappa shape index (κ3) is 3.42. The fraction of sp³-hybridized carbons (Fsp3) is 0.923. The van der Waals surface area contributed by atoms with Gasteiger partial charge in [-0.3, -0.25) is 4.79 Å². The number of amides is 1. The van der Waals surface area contributed by atoms with Gasteiger partial charge in [0.15, 0.2) is 0 Å². The number of rotatable bonds is 2. The third-order valence-electron chi connectivity index (χ3n) is 3.99. The predicted octanol–water partition coefficient (Wildman–Crippen LogP) is 1.19. The second kappa shape index (κ2) is 5.83. The van der Waals surface area contributed by atoms with Crippen LogP contribution in [0.2, 0.25) is 0 Å². The van der Waals surface area contributed by atoms with Crippen LogP contribution >= 0.6 is 0 Å². The van der Waals surface area contributed by atoms with Crippen molar-refractivity contribution in [1.82, 2.24) is 5.32 Å². The van der Waals surface area contributed by atoms with Crippen molar-refractivity contribution in [1.29, 1.82) is 0 Å². The zero-order valence-corrected chi connectivity index (χ0v) is 10.7. The van der Waals surface area contributed by atoms with Crippen molar-refractivity contribution < 1.29 is 9.53 Å². The van der Waals surface area contributed by atoms with Gasteiger partial charge in [-0.2, -0.15) is 0 Å². The van der Waals surface area contributed by atoms with Crippen molar-refractivity contribution in [3.05, 3.63) is 0 Å². The normalized spacial score (nSPS) is 38.7. The zero-order chi connectivity index (χ0) is 12.3. The molecule has 0 bridgehead atoms. The molecule has 1 aliphatic heterocycles. The monoisotopic (exact) mass is 240 g/mol. The van der Waals surface area contributed by atoms with Crippen LogP contribution in [-0.4, -0.2) is 30.7 Å². The molecular formula is C13H24N2O2. The van der Waals surface area contributed by atoms with Gasteiger partial charge in [0.25, 0.3) is 0 Å². The summed E-state index contributed by atoms with van der Waals surface area (Å²) < 4.78 is 5.48. The van der Waals surface area contributed by atoms with Gasteiger partial charge < -0.3 is 15.8 Å². The Morgan fingerprint density at radius 2 is 2.06 bits per heavy atom. The number of carbonyl (C=O) groups excluding carboxylic acids is 1. The number of hydrogen-bond donors (Lipinski definition) is 2. The Balaban J connectivity index is 1.83. The molecule has 4 unspecified atom stereocenters. The van der Waals surface area contributed by atoms with Gasteiger partial charge in [0, 0.05) is 18.7 Å². The summed E-state index contributed by atoms with van der Waals surface area (Å²) in [6.45, 7) is 2.81. The molecule has 2 rings (SSSR count). The Bertz CT molecular complexity index is 270. The fourth-order valence-electron chi connectivity index (χ4n) is 2.92. The molecule has 4 nitrogen and oxygen atoms in total. The molecule has 0 aromatic carbocycles. The molecule has 0 aromatic heterocycles. The molecule has 0 radical (unpaired) electrons. The number of carbonyl (C=O) groups is 1. The Morgan fingerprint density at radius 3 is 2.76 bits per heavy atom. The van der Waals surface area contributed by atoms with E-state index in [0.717, 1.165) is 38.7 Å². The highest BCUT2D eigenvalue weighted by Gasteiger charge is 2.30. The van der Waals surface area contributed by atoms with Crippen molar-refractivity contribution in [3.8, 4) is 0 Å². The Kier molecular flexibility index (Phi) is 4.40. The van der Waals surface area contributed by atoms with Gasteiger partial charge in [-0.1, -0.05) is 12.8 Å². The van der Waals surface area contributed by atoms with Crippen molar-refractivity contribution in [2.24, 2.45) is 11.7 Å². The molecular weight excluding hydrogens is 216 g/mol. The Labute approximate surface area is 103 Å². The summed E-state index contributed by atoms with van der Waals surface area (Å²) in [5, 5.41) is 3.15. The maximum Gasteiger partial charge on any atom is 0.224 e. The van der Waals surface area contributed by atoms with E-state index in [9.17, 15) is 4.79 Å². The quantitative estimate of drug-likeness (QED) is 0.762. The smallest absolute Gasteiger partial charge is 0.224 e. The number of nitrogens with one attached hydrogen (secondary N) is 1. The summed E-state index contributed by atoms with van der Waals surface area (Å²) in [7, 11) is 0. The first-order valence-corrected chi connectivity index (χ1v) is 6.84. The molecule has 1 saturated carbocycles. The molecule has 0 spiro atoms. The highest BCUT2D eigenvalue weighted by Crippen LogP contribution is 2.24. The number of nitrogens with two attached hydrogens (primary N) is 1. The Morgan fingerprint density at radius 1 is 1.29 bits per heavy atom. The summed E-state index contributed by atoms with van der Waals surface area (Å²) in [6, 6.07) is 0.335. The van der Waals surface area contributed by atoms with Crippen molar-refractivity contribution in [2.45, 2.75) is 63.6 Å². The molecule has 2 fully saturated rings. The minimum Gasteiger partial charge on any atom is -0.378 e. The SMILES string of the molecule is CC1CC(NC(=O)C2CCCCC2N)CCO1. The maximum atomic E-state index is 12.2. The summed E-state index contributed by atoms with van der Waals surface area (Å²) in [6.07, 6.45) is 6.35. The molecule has 1 heterocycles. The van der Waals surface area contributed by atoms with E-state index in [-0.39, 0.29) is 30.0 Å². The third-order valence-corrected chi connectivity index (χ3v) is 3.99. The van der Waals surface area contributed by atoms with Crippen LogP contribution in [0.25, 0.3) is 0 Å². The molecule has 1 saturated heterocycles. The van der Waals surface area contributed by atoms with Crippen LogP contribution in [0.5, 0.6) is 0 Å². The largest absolute Gasteiger partial charge is 0.378 e. The van der Waals surface area contributed by atoms with Crippen LogP contribution in [0.1, 0.15) is 45.4 Å². The van der Waals surface area contributed by atoms with Gasteiger partial charge in [-0.05, 0) is 32.6 Å². The van der Waals surface area contributed by atoms with Gasteiger partial charge in [0.2, 0.25) is 5.91 Å². The van der Waals surface area contributed by atoms with Gasteiger partial charge in [-0.25, -0.2) is 0 Å². The summed E-state index contributed by atoms with van der Waals surface area (Å²) >= 11 is 0. The van der Waals surface area contributed by atoms with E-state index < -0.39 is 0 Å². The minimum absolute atomic E-state index is 0.0295. The first-order valence-electron chi connectivity index (χ1n) is 6.84. The van der Waals surface area contributed by atoms with E-state index in [1.54, 1.807) is 0 Å². The topological polar surface area (TPSA) is 64.4 Å². The molecule has 17 heavy (non-hydrogen) atoms. The van der Waals surface area contributed by atoms with Crippen molar-refractivity contribution >= 4 is 5.91 Å². The van der Waals surface area contributed by atoms with Crippen molar-refractivity contribution in [3.63, 3.8) is 0 Å². The summed E-state index contributed by atoms with van der Waals surface area (Å²) in [5.41, 5.74) is 6.03. The van der Waals surface area contributed by atoms with Crippen LogP contribution < -0.4 is 11.1 Å². The van der Waals surface area contributed by atoms with Crippen LogP contribution in [0, 0.1) is 5.92 Å². The highest BCUT2D eigenvalue weighted by atomic mass is 16.5. The molecule has 2 aliphatic rings. The van der Waals surface area contributed by atoms with Gasteiger partial charge in [0.05, 0.1) is 12.0 Å². The Hall–Kier alpha value is -0.610.